The third kappa shape index (κ3) is 0.905. The summed E-state index contributed by atoms with van der Waals surface area (Å²) in [6, 6.07) is 5.52. The summed E-state index contributed by atoms with van der Waals surface area (Å²) in [6.45, 7) is 0.450. The second-order valence-corrected chi connectivity index (χ2v) is 2.78. The normalized spacial score (nSPS) is 20.5. The Morgan fingerprint density at radius 2 is 2.42 bits per heavy atom. The minimum Gasteiger partial charge on any atom is -0.398 e. The van der Waals surface area contributed by atoms with E-state index in [0.717, 1.165) is 17.4 Å². The molecule has 62 valence electrons. The number of hydrogen-bond acceptors (Lipinski definition) is 3. The molecule has 3 heteroatoms. The number of hydrogen-bond donors (Lipinski definition) is 1. The minimum absolute atomic E-state index is 0.413. The zero-order valence-corrected chi connectivity index (χ0v) is 6.49. The number of carbonyl (C=O) groups excluding carboxylic acids is 1. The molecule has 0 saturated heterocycles. The van der Waals surface area contributed by atoms with Gasteiger partial charge in [0.25, 0.3) is 0 Å². The van der Waals surface area contributed by atoms with Gasteiger partial charge < -0.3 is 15.3 Å². The molecule has 0 fully saturated rings. The van der Waals surface area contributed by atoms with Gasteiger partial charge in [-0.2, -0.15) is 0 Å². The molecule has 1 aromatic carbocycles. The Labute approximate surface area is 70.1 Å². The fourth-order valence-corrected chi connectivity index (χ4v) is 1.43. The Morgan fingerprint density at radius 1 is 1.58 bits per heavy atom. The average molecular weight is 163 g/mol. The van der Waals surface area contributed by atoms with Crippen LogP contribution < -0.4 is 5.73 Å². The molecule has 12 heavy (non-hydrogen) atoms. The first-order chi connectivity index (χ1) is 5.83. The van der Waals surface area contributed by atoms with Gasteiger partial charge in [0.2, 0.25) is 0 Å². The fraction of sp³-hybridized carbons (Fsp3) is 0.222. The molecule has 0 aliphatic carbocycles. The lowest BCUT2D eigenvalue weighted by atomic mass is 10.0. The second kappa shape index (κ2) is 2.60. The Kier molecular flexibility index (Phi) is 1.59. The molecule has 2 N–H and O–H groups in total. The number of rotatable bonds is 1. The average Bonchev–Trinajstić information content (AvgIpc) is 2.49. The first-order valence-electron chi connectivity index (χ1n) is 3.77. The first-order valence-corrected chi connectivity index (χ1v) is 3.77. The SMILES string of the molecule is Nc1cccc2c1COC2C=O. The van der Waals surface area contributed by atoms with Crippen molar-refractivity contribution in [3.05, 3.63) is 29.3 Å². The standard InChI is InChI=1S/C9H9NO2/c10-8-3-1-2-6-7(8)5-12-9(6)4-11/h1-4,9H,5,10H2. The monoisotopic (exact) mass is 163 g/mol. The summed E-state index contributed by atoms with van der Waals surface area (Å²) in [4.78, 5) is 10.5. The summed E-state index contributed by atoms with van der Waals surface area (Å²) in [6.07, 6.45) is 0.383. The molecule has 1 unspecified atom stereocenters. The molecule has 1 aliphatic rings. The van der Waals surface area contributed by atoms with Crippen LogP contribution in [0.25, 0.3) is 0 Å². The highest BCUT2D eigenvalue weighted by atomic mass is 16.5. The van der Waals surface area contributed by atoms with Gasteiger partial charge in [0.1, 0.15) is 6.10 Å². The van der Waals surface area contributed by atoms with E-state index in [-0.39, 0.29) is 0 Å². The van der Waals surface area contributed by atoms with Crippen molar-refractivity contribution in [2.45, 2.75) is 12.7 Å². The van der Waals surface area contributed by atoms with Crippen LogP contribution in [0.3, 0.4) is 0 Å². The summed E-state index contributed by atoms with van der Waals surface area (Å²) in [5, 5.41) is 0. The number of carbonyl (C=O) groups is 1. The number of aldehydes is 1. The van der Waals surface area contributed by atoms with E-state index in [4.69, 9.17) is 10.5 Å². The first kappa shape index (κ1) is 7.31. The molecule has 0 bridgehead atoms. The Hall–Kier alpha value is -1.35. The largest absolute Gasteiger partial charge is 0.398 e. The molecule has 1 aromatic rings. The van der Waals surface area contributed by atoms with Crippen LogP contribution >= 0.6 is 0 Å². The second-order valence-electron chi connectivity index (χ2n) is 2.78. The predicted octanol–water partition coefficient (Wildman–Crippen LogP) is 1.04. The molecule has 2 rings (SSSR count). The summed E-state index contributed by atoms with van der Waals surface area (Å²) in [7, 11) is 0. The summed E-state index contributed by atoms with van der Waals surface area (Å²) in [5.74, 6) is 0. The van der Waals surface area contributed by atoms with E-state index < -0.39 is 6.10 Å². The Morgan fingerprint density at radius 3 is 3.17 bits per heavy atom. The van der Waals surface area contributed by atoms with Crippen molar-refractivity contribution in [1.29, 1.82) is 0 Å². The number of nitrogens with two attached hydrogens (primary N) is 1. The van der Waals surface area contributed by atoms with E-state index in [1.165, 1.54) is 0 Å². The molecule has 1 aliphatic heterocycles. The maximum atomic E-state index is 10.5. The van der Waals surface area contributed by atoms with Gasteiger partial charge in [-0.15, -0.1) is 0 Å². The van der Waals surface area contributed by atoms with E-state index >= 15 is 0 Å². The highest BCUT2D eigenvalue weighted by Gasteiger charge is 2.23. The fourth-order valence-electron chi connectivity index (χ4n) is 1.43. The van der Waals surface area contributed by atoms with Gasteiger partial charge in [0, 0.05) is 11.3 Å². The van der Waals surface area contributed by atoms with E-state index in [1.807, 2.05) is 18.2 Å². The molecule has 0 radical (unpaired) electrons. The third-order valence-electron chi connectivity index (χ3n) is 2.09. The minimum atomic E-state index is -0.413. The molecular formula is C9H9NO2. The lowest BCUT2D eigenvalue weighted by molar-refractivity contribution is -0.117. The number of ether oxygens (including phenoxy) is 1. The van der Waals surface area contributed by atoms with Gasteiger partial charge in [-0.1, -0.05) is 12.1 Å². The van der Waals surface area contributed by atoms with Gasteiger partial charge >= 0.3 is 0 Å². The number of benzene rings is 1. The van der Waals surface area contributed by atoms with Crippen LogP contribution in [-0.4, -0.2) is 6.29 Å². The molecular weight excluding hydrogens is 154 g/mol. The van der Waals surface area contributed by atoms with Crippen molar-refractivity contribution < 1.29 is 9.53 Å². The highest BCUT2D eigenvalue weighted by Crippen LogP contribution is 2.32. The summed E-state index contributed by atoms with van der Waals surface area (Å²) in [5.41, 5.74) is 8.26. The maximum Gasteiger partial charge on any atom is 0.153 e. The van der Waals surface area contributed by atoms with Crippen molar-refractivity contribution in [2.24, 2.45) is 0 Å². The van der Waals surface area contributed by atoms with E-state index in [1.54, 1.807) is 0 Å². The van der Waals surface area contributed by atoms with Crippen LogP contribution in [0.1, 0.15) is 17.2 Å². The van der Waals surface area contributed by atoms with Crippen molar-refractivity contribution in [3.63, 3.8) is 0 Å². The van der Waals surface area contributed by atoms with Crippen molar-refractivity contribution in [2.75, 3.05) is 5.73 Å². The predicted molar refractivity (Wildman–Crippen MR) is 44.4 cm³/mol. The maximum absolute atomic E-state index is 10.5. The molecule has 0 aromatic heterocycles. The quantitative estimate of drug-likeness (QED) is 0.497. The topological polar surface area (TPSA) is 52.3 Å². The summed E-state index contributed by atoms with van der Waals surface area (Å²) >= 11 is 0. The lowest BCUT2D eigenvalue weighted by Gasteiger charge is -2.01. The number of fused-ring (bicyclic) bond motifs is 1. The summed E-state index contributed by atoms with van der Waals surface area (Å²) < 4.78 is 5.21. The van der Waals surface area contributed by atoms with Gasteiger partial charge in [-0.05, 0) is 11.6 Å². The third-order valence-corrected chi connectivity index (χ3v) is 2.09. The molecule has 1 heterocycles. The number of nitrogen functional groups attached to an aromatic ring is 1. The lowest BCUT2D eigenvalue weighted by Crippen LogP contribution is -1.96. The van der Waals surface area contributed by atoms with Crippen molar-refractivity contribution in [1.82, 2.24) is 0 Å². The van der Waals surface area contributed by atoms with E-state index in [9.17, 15) is 4.79 Å². The Balaban J connectivity index is 2.52. The number of anilines is 1. The van der Waals surface area contributed by atoms with Crippen LogP contribution in [0.5, 0.6) is 0 Å². The van der Waals surface area contributed by atoms with E-state index in [0.29, 0.717) is 12.3 Å². The van der Waals surface area contributed by atoms with Gasteiger partial charge in [-0.25, -0.2) is 0 Å². The smallest absolute Gasteiger partial charge is 0.153 e. The van der Waals surface area contributed by atoms with Crippen LogP contribution in [0.2, 0.25) is 0 Å². The highest BCUT2D eigenvalue weighted by molar-refractivity contribution is 5.66. The zero-order chi connectivity index (χ0) is 8.55. The van der Waals surface area contributed by atoms with Gasteiger partial charge in [0.15, 0.2) is 6.29 Å². The van der Waals surface area contributed by atoms with Crippen LogP contribution in [-0.2, 0) is 16.1 Å². The van der Waals surface area contributed by atoms with Crippen LogP contribution in [0.15, 0.2) is 18.2 Å². The molecule has 3 nitrogen and oxygen atoms in total. The molecule has 0 saturated carbocycles. The van der Waals surface area contributed by atoms with Gasteiger partial charge in [-0.3, -0.25) is 0 Å². The Bertz CT molecular complexity index is 322. The van der Waals surface area contributed by atoms with Crippen LogP contribution in [0.4, 0.5) is 5.69 Å². The van der Waals surface area contributed by atoms with E-state index in [2.05, 4.69) is 0 Å². The van der Waals surface area contributed by atoms with Crippen LogP contribution in [0, 0.1) is 0 Å². The molecule has 0 spiro atoms. The van der Waals surface area contributed by atoms with Gasteiger partial charge in [0.05, 0.1) is 6.61 Å². The molecule has 0 amide bonds. The molecule has 1 atom stereocenters. The zero-order valence-electron chi connectivity index (χ0n) is 6.49. The van der Waals surface area contributed by atoms with Crippen molar-refractivity contribution in [3.8, 4) is 0 Å². The van der Waals surface area contributed by atoms with Crippen molar-refractivity contribution >= 4 is 12.0 Å².